The summed E-state index contributed by atoms with van der Waals surface area (Å²) in [5, 5.41) is 0. The van der Waals surface area contributed by atoms with Gasteiger partial charge in [-0.2, -0.15) is 0 Å². The Bertz CT molecular complexity index is 627. The van der Waals surface area contributed by atoms with Crippen molar-refractivity contribution < 1.29 is 4.74 Å². The van der Waals surface area contributed by atoms with Crippen LogP contribution in [0.3, 0.4) is 0 Å². The summed E-state index contributed by atoms with van der Waals surface area (Å²) in [4.78, 5) is 4.23. The third kappa shape index (κ3) is 3.23. The molecule has 4 heteroatoms. The largest absolute Gasteiger partial charge is 0.493 e. The van der Waals surface area contributed by atoms with Crippen LogP contribution in [0.25, 0.3) is 0 Å². The summed E-state index contributed by atoms with van der Waals surface area (Å²) in [5.41, 5.74) is 7.78. The van der Waals surface area contributed by atoms with E-state index in [1.54, 1.807) is 0 Å². The number of ether oxygens (including phenoxy) is 1. The van der Waals surface area contributed by atoms with E-state index in [2.05, 4.69) is 34.7 Å². The molecule has 1 unspecified atom stereocenters. The van der Waals surface area contributed by atoms with Crippen LogP contribution >= 0.6 is 0 Å². The molecule has 1 aromatic heterocycles. The number of fused-ring (bicyclic) bond motifs is 1. The molecule has 1 aliphatic heterocycles. The summed E-state index contributed by atoms with van der Waals surface area (Å²) in [6.07, 6.45) is 4.80. The van der Waals surface area contributed by atoms with Gasteiger partial charge in [0.15, 0.2) is 0 Å². The van der Waals surface area contributed by atoms with Gasteiger partial charge in [0.25, 0.3) is 0 Å². The first kappa shape index (κ1) is 14.0. The fourth-order valence-electron chi connectivity index (χ4n) is 2.84. The molecule has 1 atom stereocenters. The van der Waals surface area contributed by atoms with Crippen molar-refractivity contribution in [3.63, 3.8) is 0 Å². The minimum atomic E-state index is 0.149. The third-order valence-corrected chi connectivity index (χ3v) is 4.00. The van der Waals surface area contributed by atoms with Crippen LogP contribution in [0, 0.1) is 6.92 Å². The number of benzene rings is 1. The lowest BCUT2D eigenvalue weighted by Crippen LogP contribution is -2.28. The van der Waals surface area contributed by atoms with Gasteiger partial charge in [-0.15, -0.1) is 0 Å². The maximum absolute atomic E-state index is 5.72. The average Bonchev–Trinajstić information content (AvgIpc) is 2.95. The van der Waals surface area contributed by atoms with Crippen molar-refractivity contribution in [2.45, 2.75) is 32.2 Å². The molecule has 0 saturated carbocycles. The number of rotatable bonds is 5. The zero-order valence-electron chi connectivity index (χ0n) is 12.3. The maximum atomic E-state index is 5.72. The van der Waals surface area contributed by atoms with Crippen molar-refractivity contribution in [3.8, 4) is 5.75 Å². The molecule has 0 saturated heterocycles. The van der Waals surface area contributed by atoms with Gasteiger partial charge in [-0.05, 0) is 54.7 Å². The molecule has 0 amide bonds. The lowest BCUT2D eigenvalue weighted by atomic mass is 9.98. The number of pyridine rings is 1. The summed E-state index contributed by atoms with van der Waals surface area (Å²) in [6.45, 7) is 2.81. The SMILES string of the molecule is Cc1cc(C(CCc2ccc3c(c2)CCO3)NN)ccn1. The second kappa shape index (κ2) is 6.24. The van der Waals surface area contributed by atoms with E-state index in [0.717, 1.165) is 37.3 Å². The molecule has 3 rings (SSSR count). The maximum Gasteiger partial charge on any atom is 0.122 e. The fourth-order valence-corrected chi connectivity index (χ4v) is 2.84. The monoisotopic (exact) mass is 283 g/mol. The van der Waals surface area contributed by atoms with Gasteiger partial charge in [-0.25, -0.2) is 0 Å². The van der Waals surface area contributed by atoms with Crippen LogP contribution in [-0.2, 0) is 12.8 Å². The molecule has 2 heterocycles. The van der Waals surface area contributed by atoms with Gasteiger partial charge >= 0.3 is 0 Å². The van der Waals surface area contributed by atoms with E-state index >= 15 is 0 Å². The van der Waals surface area contributed by atoms with Crippen molar-refractivity contribution >= 4 is 0 Å². The highest BCUT2D eigenvalue weighted by Gasteiger charge is 2.14. The van der Waals surface area contributed by atoms with E-state index in [1.807, 2.05) is 19.2 Å². The Morgan fingerprint density at radius 1 is 1.33 bits per heavy atom. The Morgan fingerprint density at radius 2 is 2.24 bits per heavy atom. The summed E-state index contributed by atoms with van der Waals surface area (Å²) >= 11 is 0. The number of nitrogens with zero attached hydrogens (tertiary/aromatic N) is 1. The van der Waals surface area contributed by atoms with Crippen molar-refractivity contribution in [1.29, 1.82) is 0 Å². The smallest absolute Gasteiger partial charge is 0.122 e. The molecule has 1 aromatic carbocycles. The first-order chi connectivity index (χ1) is 10.3. The van der Waals surface area contributed by atoms with Crippen molar-refractivity contribution in [2.24, 2.45) is 5.84 Å². The summed E-state index contributed by atoms with van der Waals surface area (Å²) in [5.74, 6) is 6.76. The fraction of sp³-hybridized carbons (Fsp3) is 0.353. The van der Waals surface area contributed by atoms with Crippen LogP contribution < -0.4 is 16.0 Å². The molecule has 0 spiro atoms. The van der Waals surface area contributed by atoms with E-state index in [-0.39, 0.29) is 6.04 Å². The summed E-state index contributed by atoms with van der Waals surface area (Å²) in [7, 11) is 0. The Hall–Kier alpha value is -1.91. The zero-order valence-corrected chi connectivity index (χ0v) is 12.3. The molecule has 4 nitrogen and oxygen atoms in total. The van der Waals surface area contributed by atoms with Crippen LogP contribution in [0.4, 0.5) is 0 Å². The van der Waals surface area contributed by atoms with E-state index in [9.17, 15) is 0 Å². The quantitative estimate of drug-likeness (QED) is 0.653. The molecular formula is C17H21N3O. The van der Waals surface area contributed by atoms with E-state index < -0.39 is 0 Å². The van der Waals surface area contributed by atoms with Gasteiger partial charge in [-0.3, -0.25) is 16.3 Å². The number of nitrogens with one attached hydrogen (secondary N) is 1. The second-order valence-electron chi connectivity index (χ2n) is 5.53. The number of aryl methyl sites for hydroxylation is 2. The second-order valence-corrected chi connectivity index (χ2v) is 5.53. The predicted molar refractivity (Wildman–Crippen MR) is 83.0 cm³/mol. The Labute approximate surface area is 125 Å². The normalized spacial score (nSPS) is 14.6. The van der Waals surface area contributed by atoms with Crippen molar-refractivity contribution in [3.05, 3.63) is 58.9 Å². The summed E-state index contributed by atoms with van der Waals surface area (Å²) in [6, 6.07) is 10.7. The molecule has 0 bridgehead atoms. The van der Waals surface area contributed by atoms with Gasteiger partial charge in [-0.1, -0.05) is 12.1 Å². The summed E-state index contributed by atoms with van der Waals surface area (Å²) < 4.78 is 5.54. The Balaban J connectivity index is 1.68. The van der Waals surface area contributed by atoms with Gasteiger partial charge < -0.3 is 4.74 Å². The van der Waals surface area contributed by atoms with Crippen molar-refractivity contribution in [2.75, 3.05) is 6.61 Å². The minimum absolute atomic E-state index is 0.149. The zero-order chi connectivity index (χ0) is 14.7. The first-order valence-corrected chi connectivity index (χ1v) is 7.39. The third-order valence-electron chi connectivity index (χ3n) is 4.00. The van der Waals surface area contributed by atoms with E-state index in [4.69, 9.17) is 10.6 Å². The lowest BCUT2D eigenvalue weighted by Gasteiger charge is -2.16. The van der Waals surface area contributed by atoms with E-state index in [1.165, 1.54) is 16.7 Å². The molecule has 2 aromatic rings. The minimum Gasteiger partial charge on any atom is -0.493 e. The van der Waals surface area contributed by atoms with Crippen LogP contribution in [0.15, 0.2) is 36.5 Å². The van der Waals surface area contributed by atoms with Gasteiger partial charge in [0, 0.05) is 24.4 Å². The number of aromatic nitrogens is 1. The van der Waals surface area contributed by atoms with Crippen LogP contribution in [0.2, 0.25) is 0 Å². The van der Waals surface area contributed by atoms with Gasteiger partial charge in [0.2, 0.25) is 0 Å². The average molecular weight is 283 g/mol. The topological polar surface area (TPSA) is 60.2 Å². The van der Waals surface area contributed by atoms with Crippen molar-refractivity contribution in [1.82, 2.24) is 10.4 Å². The number of nitrogens with two attached hydrogens (primary N) is 1. The molecule has 110 valence electrons. The highest BCUT2D eigenvalue weighted by Crippen LogP contribution is 2.27. The van der Waals surface area contributed by atoms with Gasteiger partial charge in [0.05, 0.1) is 6.61 Å². The standard InChI is InChI=1S/C17H21N3O/c1-12-10-14(6-8-19-12)16(20-18)4-2-13-3-5-17-15(11-13)7-9-21-17/h3,5-6,8,10-11,16,20H,2,4,7,9,18H2,1H3. The molecule has 0 aliphatic carbocycles. The number of hydrazine groups is 1. The molecular weight excluding hydrogens is 262 g/mol. The molecule has 21 heavy (non-hydrogen) atoms. The molecule has 0 radical (unpaired) electrons. The molecule has 3 N–H and O–H groups in total. The van der Waals surface area contributed by atoms with Crippen LogP contribution in [0.1, 0.15) is 34.8 Å². The number of hydrogen-bond acceptors (Lipinski definition) is 4. The highest BCUT2D eigenvalue weighted by molar-refractivity contribution is 5.39. The van der Waals surface area contributed by atoms with Gasteiger partial charge in [0.1, 0.15) is 5.75 Å². The molecule has 1 aliphatic rings. The van der Waals surface area contributed by atoms with Crippen LogP contribution in [0.5, 0.6) is 5.75 Å². The Morgan fingerprint density at radius 3 is 3.05 bits per heavy atom. The predicted octanol–water partition coefficient (Wildman–Crippen LogP) is 2.46. The molecule has 0 fully saturated rings. The van der Waals surface area contributed by atoms with E-state index in [0.29, 0.717) is 0 Å². The lowest BCUT2D eigenvalue weighted by molar-refractivity contribution is 0.357. The number of hydrogen-bond donors (Lipinski definition) is 2. The van der Waals surface area contributed by atoms with Crippen LogP contribution in [-0.4, -0.2) is 11.6 Å². The highest BCUT2D eigenvalue weighted by atomic mass is 16.5. The first-order valence-electron chi connectivity index (χ1n) is 7.39. The Kier molecular flexibility index (Phi) is 4.18.